The molecule has 0 spiro atoms. The number of likely N-dealkylation sites (N-methyl/N-ethyl adjacent to an activating group) is 1. The van der Waals surface area contributed by atoms with Gasteiger partial charge in [0.2, 0.25) is 15.9 Å². The van der Waals surface area contributed by atoms with Crippen LogP contribution < -0.4 is 9.62 Å². The third kappa shape index (κ3) is 3.93. The third-order valence-electron chi connectivity index (χ3n) is 3.15. The molecule has 2 rings (SSSR count). The summed E-state index contributed by atoms with van der Waals surface area (Å²) in [6, 6.07) is 17.1. The summed E-state index contributed by atoms with van der Waals surface area (Å²) in [7, 11) is -3.68. The summed E-state index contributed by atoms with van der Waals surface area (Å²) in [6.07, 6.45) is 0. The highest BCUT2D eigenvalue weighted by Crippen LogP contribution is 2.13. The molecule has 0 atom stereocenters. The molecule has 0 aliphatic rings. The lowest BCUT2D eigenvalue weighted by Crippen LogP contribution is -2.40. The Labute approximate surface area is 130 Å². The summed E-state index contributed by atoms with van der Waals surface area (Å²) in [6.45, 7) is 2.03. The Kier molecular flexibility index (Phi) is 5.30. The van der Waals surface area contributed by atoms with Gasteiger partial charge in [-0.3, -0.25) is 4.79 Å². The summed E-state index contributed by atoms with van der Waals surface area (Å²) >= 11 is 0. The van der Waals surface area contributed by atoms with E-state index in [0.717, 1.165) is 5.69 Å². The van der Waals surface area contributed by atoms with Crippen molar-refractivity contribution >= 4 is 21.6 Å². The van der Waals surface area contributed by atoms with E-state index in [0.29, 0.717) is 6.54 Å². The molecule has 0 bridgehead atoms. The van der Waals surface area contributed by atoms with Crippen LogP contribution in [0.4, 0.5) is 5.69 Å². The number of hydrogen-bond donors (Lipinski definition) is 1. The van der Waals surface area contributed by atoms with Crippen LogP contribution >= 0.6 is 0 Å². The van der Waals surface area contributed by atoms with Gasteiger partial charge in [-0.1, -0.05) is 36.4 Å². The van der Waals surface area contributed by atoms with Gasteiger partial charge in [-0.15, -0.1) is 0 Å². The van der Waals surface area contributed by atoms with Crippen molar-refractivity contribution in [1.82, 2.24) is 4.72 Å². The third-order valence-corrected chi connectivity index (χ3v) is 4.57. The van der Waals surface area contributed by atoms with Crippen LogP contribution in [0.3, 0.4) is 0 Å². The van der Waals surface area contributed by atoms with Crippen molar-refractivity contribution in [3.8, 4) is 0 Å². The predicted octanol–water partition coefficient (Wildman–Crippen LogP) is 2.02. The molecule has 0 unspecified atom stereocenters. The molecule has 0 aromatic heterocycles. The van der Waals surface area contributed by atoms with Crippen molar-refractivity contribution in [3.05, 3.63) is 60.7 Å². The van der Waals surface area contributed by atoms with Crippen LogP contribution in [-0.2, 0) is 14.8 Å². The second kappa shape index (κ2) is 7.20. The maximum absolute atomic E-state index is 12.3. The molecule has 0 saturated heterocycles. The molecule has 0 aliphatic heterocycles. The number of nitrogens with zero attached hydrogens (tertiary/aromatic N) is 1. The van der Waals surface area contributed by atoms with Crippen molar-refractivity contribution in [2.45, 2.75) is 11.8 Å². The molecule has 116 valence electrons. The summed E-state index contributed by atoms with van der Waals surface area (Å²) in [5.41, 5.74) is 0.744. The second-order valence-electron chi connectivity index (χ2n) is 4.61. The first-order valence-corrected chi connectivity index (χ1v) is 8.43. The molecule has 0 aliphatic carbocycles. The van der Waals surface area contributed by atoms with E-state index in [4.69, 9.17) is 0 Å². The maximum Gasteiger partial charge on any atom is 0.242 e. The van der Waals surface area contributed by atoms with Gasteiger partial charge >= 0.3 is 0 Å². The molecule has 0 fully saturated rings. The fraction of sp³-hybridized carbons (Fsp3) is 0.188. The van der Waals surface area contributed by atoms with E-state index in [1.54, 1.807) is 18.2 Å². The first-order valence-electron chi connectivity index (χ1n) is 6.94. The number of hydrogen-bond acceptors (Lipinski definition) is 3. The summed E-state index contributed by atoms with van der Waals surface area (Å²) in [5, 5.41) is 0. The number of benzene rings is 2. The Morgan fingerprint density at radius 3 is 2.09 bits per heavy atom. The summed E-state index contributed by atoms with van der Waals surface area (Å²) < 4.78 is 26.5. The van der Waals surface area contributed by atoms with Gasteiger partial charge in [-0.2, -0.15) is 0 Å². The first-order chi connectivity index (χ1) is 10.5. The lowest BCUT2D eigenvalue weighted by molar-refractivity contribution is -0.117. The van der Waals surface area contributed by atoms with Gasteiger partial charge in [0.05, 0.1) is 11.4 Å². The van der Waals surface area contributed by atoms with Crippen LogP contribution in [0.25, 0.3) is 0 Å². The summed E-state index contributed by atoms with van der Waals surface area (Å²) in [4.78, 5) is 13.9. The Bertz CT molecular complexity index is 716. The van der Waals surface area contributed by atoms with Gasteiger partial charge in [-0.25, -0.2) is 13.1 Å². The average Bonchev–Trinajstić information content (AvgIpc) is 2.56. The zero-order valence-corrected chi connectivity index (χ0v) is 13.1. The van der Waals surface area contributed by atoms with E-state index in [1.165, 1.54) is 17.0 Å². The van der Waals surface area contributed by atoms with Gasteiger partial charge in [-0.05, 0) is 31.2 Å². The number of para-hydroxylation sites is 1. The lowest BCUT2D eigenvalue weighted by atomic mass is 10.3. The minimum atomic E-state index is -3.68. The van der Waals surface area contributed by atoms with Crippen molar-refractivity contribution in [3.63, 3.8) is 0 Å². The number of nitrogens with one attached hydrogen (secondary N) is 1. The van der Waals surface area contributed by atoms with Crippen LogP contribution in [-0.4, -0.2) is 27.4 Å². The number of rotatable bonds is 6. The van der Waals surface area contributed by atoms with Gasteiger partial charge < -0.3 is 4.90 Å². The second-order valence-corrected chi connectivity index (χ2v) is 6.38. The SMILES string of the molecule is CCN(C(=O)CNS(=O)(=O)c1ccccc1)c1ccccc1. The highest BCUT2D eigenvalue weighted by atomic mass is 32.2. The standard InChI is InChI=1S/C16H18N2O3S/c1-2-18(14-9-5-3-6-10-14)16(19)13-17-22(20,21)15-11-7-4-8-12-15/h3-12,17H,2,13H2,1H3. The zero-order valence-electron chi connectivity index (χ0n) is 12.3. The fourth-order valence-corrected chi connectivity index (χ4v) is 3.04. The normalized spacial score (nSPS) is 11.1. The molecule has 2 aromatic carbocycles. The van der Waals surface area contributed by atoms with Crippen LogP contribution in [0.15, 0.2) is 65.6 Å². The molecular weight excluding hydrogens is 300 g/mol. The Morgan fingerprint density at radius 1 is 1.00 bits per heavy atom. The molecule has 6 heteroatoms. The van der Waals surface area contributed by atoms with Crippen molar-refractivity contribution in [2.24, 2.45) is 0 Å². The van der Waals surface area contributed by atoms with Crippen molar-refractivity contribution in [1.29, 1.82) is 0 Å². The Hall–Kier alpha value is -2.18. The highest BCUT2D eigenvalue weighted by Gasteiger charge is 2.18. The maximum atomic E-state index is 12.3. The van der Waals surface area contributed by atoms with Gasteiger partial charge in [0.25, 0.3) is 0 Å². The van der Waals surface area contributed by atoms with E-state index in [2.05, 4.69) is 4.72 Å². The van der Waals surface area contributed by atoms with Crippen LogP contribution in [0.1, 0.15) is 6.92 Å². The highest BCUT2D eigenvalue weighted by molar-refractivity contribution is 7.89. The van der Waals surface area contributed by atoms with E-state index in [1.807, 2.05) is 37.3 Å². The molecular formula is C16H18N2O3S. The molecule has 0 saturated carbocycles. The predicted molar refractivity (Wildman–Crippen MR) is 86.1 cm³/mol. The minimum Gasteiger partial charge on any atom is -0.312 e. The largest absolute Gasteiger partial charge is 0.312 e. The lowest BCUT2D eigenvalue weighted by Gasteiger charge is -2.21. The van der Waals surface area contributed by atoms with Gasteiger partial charge in [0.1, 0.15) is 0 Å². The van der Waals surface area contributed by atoms with Crippen LogP contribution in [0.5, 0.6) is 0 Å². The van der Waals surface area contributed by atoms with Crippen molar-refractivity contribution < 1.29 is 13.2 Å². The molecule has 1 N–H and O–H groups in total. The first kappa shape index (κ1) is 16.2. The minimum absolute atomic E-state index is 0.144. The van der Waals surface area contributed by atoms with Crippen LogP contribution in [0, 0.1) is 0 Å². The Morgan fingerprint density at radius 2 is 1.55 bits per heavy atom. The quantitative estimate of drug-likeness (QED) is 0.886. The topological polar surface area (TPSA) is 66.5 Å². The summed E-state index contributed by atoms with van der Waals surface area (Å²) in [5.74, 6) is -0.298. The molecule has 0 heterocycles. The molecule has 5 nitrogen and oxygen atoms in total. The number of carbonyl (C=O) groups is 1. The smallest absolute Gasteiger partial charge is 0.242 e. The van der Waals surface area contributed by atoms with E-state index in [-0.39, 0.29) is 17.3 Å². The molecule has 1 amide bonds. The van der Waals surface area contributed by atoms with E-state index >= 15 is 0 Å². The van der Waals surface area contributed by atoms with Crippen LogP contribution in [0.2, 0.25) is 0 Å². The van der Waals surface area contributed by atoms with Gasteiger partial charge in [0, 0.05) is 12.2 Å². The Balaban J connectivity index is 2.06. The number of carbonyl (C=O) groups excluding carboxylic acids is 1. The average molecular weight is 318 g/mol. The molecule has 0 radical (unpaired) electrons. The zero-order chi connectivity index (χ0) is 16.0. The number of anilines is 1. The number of amides is 1. The number of sulfonamides is 1. The monoisotopic (exact) mass is 318 g/mol. The van der Waals surface area contributed by atoms with E-state index < -0.39 is 10.0 Å². The van der Waals surface area contributed by atoms with Gasteiger partial charge in [0.15, 0.2) is 0 Å². The molecule has 2 aromatic rings. The van der Waals surface area contributed by atoms with Crippen molar-refractivity contribution in [2.75, 3.05) is 18.0 Å². The molecule has 22 heavy (non-hydrogen) atoms. The van der Waals surface area contributed by atoms with E-state index in [9.17, 15) is 13.2 Å². The fourth-order valence-electron chi connectivity index (χ4n) is 2.05.